The van der Waals surface area contributed by atoms with E-state index in [1.165, 1.54) is 0 Å². The van der Waals surface area contributed by atoms with E-state index in [0.717, 1.165) is 49.8 Å². The van der Waals surface area contributed by atoms with Gasteiger partial charge in [-0.2, -0.15) is 10.2 Å². The Morgan fingerprint density at radius 1 is 1.24 bits per heavy atom. The fourth-order valence-electron chi connectivity index (χ4n) is 3.85. The highest BCUT2D eigenvalue weighted by atomic mass is 16.2. The first-order chi connectivity index (χ1) is 12.2. The van der Waals surface area contributed by atoms with Crippen LogP contribution in [-0.2, 0) is 19.4 Å². The molecule has 2 aromatic heterocycles. The number of nitrogens with zero attached hydrogens (tertiary/aromatic N) is 4. The van der Waals surface area contributed by atoms with Crippen LogP contribution in [0, 0.1) is 5.92 Å². The van der Waals surface area contributed by atoms with E-state index in [0.29, 0.717) is 31.1 Å². The zero-order chi connectivity index (χ0) is 17.2. The highest BCUT2D eigenvalue weighted by Gasteiger charge is 2.25. The van der Waals surface area contributed by atoms with Crippen molar-refractivity contribution in [2.24, 2.45) is 5.92 Å². The summed E-state index contributed by atoms with van der Waals surface area (Å²) in [5.41, 5.74) is 2.84. The lowest BCUT2D eigenvalue weighted by Gasteiger charge is -2.32. The van der Waals surface area contributed by atoms with Gasteiger partial charge in [-0.1, -0.05) is 0 Å². The normalized spacial score (nSPS) is 18.2. The second kappa shape index (κ2) is 6.82. The molecule has 7 nitrogen and oxygen atoms in total. The van der Waals surface area contributed by atoms with E-state index in [-0.39, 0.29) is 11.5 Å². The maximum Gasteiger partial charge on any atom is 0.267 e. The summed E-state index contributed by atoms with van der Waals surface area (Å²) >= 11 is 0. The first-order valence-electron chi connectivity index (χ1n) is 9.08. The number of rotatable bonds is 3. The van der Waals surface area contributed by atoms with E-state index in [1.54, 1.807) is 23.1 Å². The number of carbonyl (C=O) groups is 1. The molecule has 4 rings (SSSR count). The standard InChI is InChI=1S/C18H23N5O2/c24-17-9-14-3-1-2-4-16(14)21-23(17)12-13-5-7-22(8-6-13)18(25)15-10-19-20-11-15/h9-11,13H,1-8,12H2,(H,19,20). The van der Waals surface area contributed by atoms with Gasteiger partial charge in [0.25, 0.3) is 11.5 Å². The Hall–Kier alpha value is -2.44. The number of aryl methyl sites for hydroxylation is 2. The van der Waals surface area contributed by atoms with Gasteiger partial charge < -0.3 is 4.90 Å². The molecule has 0 atom stereocenters. The van der Waals surface area contributed by atoms with Gasteiger partial charge in [0.1, 0.15) is 0 Å². The highest BCUT2D eigenvalue weighted by molar-refractivity contribution is 5.93. The van der Waals surface area contributed by atoms with E-state index in [1.807, 2.05) is 4.90 Å². The Labute approximate surface area is 146 Å². The Balaban J connectivity index is 1.39. The van der Waals surface area contributed by atoms with Gasteiger partial charge in [-0.25, -0.2) is 4.68 Å². The number of likely N-dealkylation sites (tertiary alicyclic amines) is 1. The number of piperidine rings is 1. The van der Waals surface area contributed by atoms with Gasteiger partial charge in [0, 0.05) is 31.9 Å². The smallest absolute Gasteiger partial charge is 0.267 e. The van der Waals surface area contributed by atoms with Crippen molar-refractivity contribution in [3.8, 4) is 0 Å². The Morgan fingerprint density at radius 2 is 2.04 bits per heavy atom. The van der Waals surface area contributed by atoms with Crippen LogP contribution in [0.5, 0.6) is 0 Å². The SMILES string of the molecule is O=C(c1cn[nH]c1)N1CCC(Cn2nc3c(cc2=O)CCCC3)CC1. The number of nitrogens with one attached hydrogen (secondary N) is 1. The average Bonchev–Trinajstić information content (AvgIpc) is 3.17. The van der Waals surface area contributed by atoms with E-state index >= 15 is 0 Å². The molecule has 2 aliphatic rings. The number of amides is 1. The van der Waals surface area contributed by atoms with Crippen molar-refractivity contribution in [2.75, 3.05) is 13.1 Å². The summed E-state index contributed by atoms with van der Waals surface area (Å²) in [6, 6.07) is 1.78. The zero-order valence-electron chi connectivity index (χ0n) is 14.3. The second-order valence-corrected chi connectivity index (χ2v) is 7.07. The summed E-state index contributed by atoms with van der Waals surface area (Å²) < 4.78 is 1.64. The molecule has 132 valence electrons. The van der Waals surface area contributed by atoms with Crippen molar-refractivity contribution < 1.29 is 4.79 Å². The molecule has 0 aromatic carbocycles. The van der Waals surface area contributed by atoms with E-state index in [2.05, 4.69) is 15.3 Å². The monoisotopic (exact) mass is 341 g/mol. The molecule has 0 unspecified atom stereocenters. The molecule has 1 fully saturated rings. The highest BCUT2D eigenvalue weighted by Crippen LogP contribution is 2.21. The molecule has 0 spiro atoms. The van der Waals surface area contributed by atoms with Crippen molar-refractivity contribution in [1.29, 1.82) is 0 Å². The van der Waals surface area contributed by atoms with Crippen LogP contribution in [0.25, 0.3) is 0 Å². The number of aromatic amines is 1. The molecule has 3 heterocycles. The van der Waals surface area contributed by atoms with Crippen LogP contribution >= 0.6 is 0 Å². The van der Waals surface area contributed by atoms with Crippen LogP contribution in [-0.4, -0.2) is 43.9 Å². The van der Waals surface area contributed by atoms with Crippen molar-refractivity contribution >= 4 is 5.91 Å². The van der Waals surface area contributed by atoms with Gasteiger partial charge in [-0.15, -0.1) is 0 Å². The number of fused-ring (bicyclic) bond motifs is 1. The number of H-pyrrole nitrogens is 1. The molecule has 25 heavy (non-hydrogen) atoms. The van der Waals surface area contributed by atoms with Crippen LogP contribution < -0.4 is 5.56 Å². The number of hydrogen-bond acceptors (Lipinski definition) is 4. The molecule has 1 amide bonds. The maximum atomic E-state index is 12.3. The largest absolute Gasteiger partial charge is 0.339 e. The molecular weight excluding hydrogens is 318 g/mol. The molecule has 0 bridgehead atoms. The van der Waals surface area contributed by atoms with Gasteiger partial charge in [0.05, 0.1) is 17.5 Å². The molecule has 1 N–H and O–H groups in total. The van der Waals surface area contributed by atoms with Gasteiger partial charge >= 0.3 is 0 Å². The molecule has 0 saturated carbocycles. The predicted molar refractivity (Wildman–Crippen MR) is 92.4 cm³/mol. The first-order valence-corrected chi connectivity index (χ1v) is 9.08. The van der Waals surface area contributed by atoms with E-state index < -0.39 is 0 Å². The van der Waals surface area contributed by atoms with Gasteiger partial charge in [-0.3, -0.25) is 14.7 Å². The second-order valence-electron chi connectivity index (χ2n) is 7.07. The summed E-state index contributed by atoms with van der Waals surface area (Å²) in [6.07, 6.45) is 9.26. The minimum Gasteiger partial charge on any atom is -0.339 e. The van der Waals surface area contributed by atoms with Gasteiger partial charge in [-0.05, 0) is 50.0 Å². The maximum absolute atomic E-state index is 12.3. The Morgan fingerprint density at radius 3 is 2.80 bits per heavy atom. The van der Waals surface area contributed by atoms with Gasteiger partial charge in [0.15, 0.2) is 0 Å². The van der Waals surface area contributed by atoms with Gasteiger partial charge in [0.2, 0.25) is 0 Å². The molecule has 1 saturated heterocycles. The van der Waals surface area contributed by atoms with Crippen molar-refractivity contribution in [3.05, 3.63) is 45.6 Å². The molecule has 1 aliphatic carbocycles. The Kier molecular flexibility index (Phi) is 4.38. The molecule has 0 radical (unpaired) electrons. The third kappa shape index (κ3) is 3.36. The minimum atomic E-state index is 0.0116. The average molecular weight is 341 g/mol. The van der Waals surface area contributed by atoms with Crippen LogP contribution in [0.2, 0.25) is 0 Å². The lowest BCUT2D eigenvalue weighted by Crippen LogP contribution is -2.40. The summed E-state index contributed by atoms with van der Waals surface area (Å²) in [7, 11) is 0. The lowest BCUT2D eigenvalue weighted by molar-refractivity contribution is 0.0680. The zero-order valence-corrected chi connectivity index (χ0v) is 14.3. The van der Waals surface area contributed by atoms with Crippen molar-refractivity contribution in [3.63, 3.8) is 0 Å². The molecule has 7 heteroatoms. The van der Waals surface area contributed by atoms with E-state index in [4.69, 9.17) is 0 Å². The third-order valence-corrected chi connectivity index (χ3v) is 5.35. The summed E-state index contributed by atoms with van der Waals surface area (Å²) in [4.78, 5) is 26.5. The van der Waals surface area contributed by atoms with E-state index in [9.17, 15) is 9.59 Å². The van der Waals surface area contributed by atoms with Crippen LogP contribution in [0.3, 0.4) is 0 Å². The quantitative estimate of drug-likeness (QED) is 0.914. The summed E-state index contributed by atoms with van der Waals surface area (Å²) in [6.45, 7) is 2.09. The predicted octanol–water partition coefficient (Wildman–Crippen LogP) is 1.40. The summed E-state index contributed by atoms with van der Waals surface area (Å²) in [5, 5.41) is 11.1. The number of hydrogen-bond donors (Lipinski definition) is 1. The lowest BCUT2D eigenvalue weighted by atomic mass is 9.95. The van der Waals surface area contributed by atoms with Crippen LogP contribution in [0.15, 0.2) is 23.3 Å². The fourth-order valence-corrected chi connectivity index (χ4v) is 3.85. The number of carbonyl (C=O) groups excluding carboxylic acids is 1. The summed E-state index contributed by atoms with van der Waals surface area (Å²) in [5.74, 6) is 0.413. The van der Waals surface area contributed by atoms with Crippen molar-refractivity contribution in [1.82, 2.24) is 24.9 Å². The molecule has 1 aliphatic heterocycles. The van der Waals surface area contributed by atoms with Crippen LogP contribution in [0.4, 0.5) is 0 Å². The molecule has 2 aromatic rings. The van der Waals surface area contributed by atoms with Crippen LogP contribution in [0.1, 0.15) is 47.3 Å². The Bertz CT molecular complexity index is 803. The number of aromatic nitrogens is 4. The fraction of sp³-hybridized carbons (Fsp3) is 0.556. The van der Waals surface area contributed by atoms with Crippen molar-refractivity contribution in [2.45, 2.75) is 45.1 Å². The third-order valence-electron chi connectivity index (χ3n) is 5.35. The first kappa shape index (κ1) is 16.1. The molecular formula is C18H23N5O2. The topological polar surface area (TPSA) is 83.9 Å². The minimum absolute atomic E-state index is 0.0116.